The monoisotopic (exact) mass is 456 g/mol. The van der Waals surface area contributed by atoms with Crippen molar-refractivity contribution in [2.24, 2.45) is 0 Å². The number of nitrogens with zero attached hydrogens (tertiary/aromatic N) is 4. The van der Waals surface area contributed by atoms with Gasteiger partial charge in [0.05, 0.1) is 17.8 Å². The van der Waals surface area contributed by atoms with Gasteiger partial charge in [-0.05, 0) is 42.7 Å². The van der Waals surface area contributed by atoms with E-state index < -0.39 is 6.09 Å². The highest BCUT2D eigenvalue weighted by Gasteiger charge is 2.44. The molecule has 2 fully saturated rings. The van der Waals surface area contributed by atoms with Crippen LogP contribution in [-0.2, 0) is 6.61 Å². The van der Waals surface area contributed by atoms with Gasteiger partial charge in [-0.1, -0.05) is 36.4 Å². The van der Waals surface area contributed by atoms with E-state index in [4.69, 9.17) is 14.1 Å². The number of oxazole rings is 1. The number of amides is 1. The molecule has 1 N–H and O–H groups in total. The average Bonchev–Trinajstić information content (AvgIpc) is 3.43. The van der Waals surface area contributed by atoms with E-state index in [1.807, 2.05) is 60.7 Å². The molecule has 2 aromatic carbocycles. The molecule has 2 bridgehead atoms. The largest absolute Gasteiger partial charge is 0.486 e. The zero-order valence-corrected chi connectivity index (χ0v) is 18.5. The maximum absolute atomic E-state index is 11.7. The van der Waals surface area contributed by atoms with Crippen LogP contribution in [0.5, 0.6) is 5.75 Å². The Kier molecular flexibility index (Phi) is 5.05. The van der Waals surface area contributed by atoms with E-state index >= 15 is 0 Å². The number of hydrogen-bond donors (Lipinski definition) is 1. The second kappa shape index (κ2) is 8.37. The first kappa shape index (κ1) is 20.5. The molecule has 0 saturated carbocycles. The zero-order valence-electron chi connectivity index (χ0n) is 18.5. The Morgan fingerprint density at radius 2 is 1.79 bits per heavy atom. The first-order valence-electron chi connectivity index (χ1n) is 11.5. The molecule has 2 unspecified atom stereocenters. The van der Waals surface area contributed by atoms with Crippen molar-refractivity contribution >= 4 is 23.2 Å². The van der Waals surface area contributed by atoms with Crippen LogP contribution in [0.4, 0.5) is 10.8 Å². The maximum Gasteiger partial charge on any atom is 0.407 e. The molecule has 34 heavy (non-hydrogen) atoms. The van der Waals surface area contributed by atoms with Crippen molar-refractivity contribution in [2.45, 2.75) is 31.5 Å². The van der Waals surface area contributed by atoms with E-state index in [9.17, 15) is 9.90 Å². The summed E-state index contributed by atoms with van der Waals surface area (Å²) in [6.07, 6.45) is 2.62. The highest BCUT2D eigenvalue weighted by Crippen LogP contribution is 2.39. The van der Waals surface area contributed by atoms with Crippen molar-refractivity contribution in [3.63, 3.8) is 0 Å². The summed E-state index contributed by atoms with van der Waals surface area (Å²) >= 11 is 0. The average molecular weight is 457 g/mol. The summed E-state index contributed by atoms with van der Waals surface area (Å²) in [7, 11) is 0. The summed E-state index contributed by atoms with van der Waals surface area (Å²) in [6.45, 7) is 1.55. The van der Waals surface area contributed by atoms with E-state index in [1.54, 1.807) is 11.1 Å². The molecular weight excluding hydrogens is 432 g/mol. The third kappa shape index (κ3) is 3.61. The molecule has 8 nitrogen and oxygen atoms in total. The van der Waals surface area contributed by atoms with E-state index in [2.05, 4.69) is 9.88 Å². The van der Waals surface area contributed by atoms with Crippen molar-refractivity contribution in [1.29, 1.82) is 0 Å². The summed E-state index contributed by atoms with van der Waals surface area (Å²) in [5.41, 5.74) is 3.96. The van der Waals surface area contributed by atoms with Crippen molar-refractivity contribution in [3.05, 3.63) is 72.4 Å². The quantitative estimate of drug-likeness (QED) is 0.461. The predicted octanol–water partition coefficient (Wildman–Crippen LogP) is 4.80. The van der Waals surface area contributed by atoms with Crippen LogP contribution in [0.25, 0.3) is 22.4 Å². The van der Waals surface area contributed by atoms with Crippen molar-refractivity contribution < 1.29 is 19.1 Å². The molecule has 8 heteroatoms. The molecule has 172 valence electrons. The van der Waals surface area contributed by atoms with E-state index in [0.29, 0.717) is 42.6 Å². The van der Waals surface area contributed by atoms with Crippen LogP contribution < -0.4 is 9.64 Å². The topological polar surface area (TPSA) is 91.9 Å². The SMILES string of the molecule is O=C(O)N1C2CCC1CN(c1nc3c(OCc4ccccc4)ccc(-c4ccccn4)c3o1)C2. The van der Waals surface area contributed by atoms with Crippen LogP contribution in [0.1, 0.15) is 18.4 Å². The van der Waals surface area contributed by atoms with Gasteiger partial charge in [-0.25, -0.2) is 4.79 Å². The van der Waals surface area contributed by atoms with Crippen LogP contribution in [0.15, 0.2) is 71.3 Å². The Hall–Kier alpha value is -4.07. The Bertz CT molecular complexity index is 1310. The highest BCUT2D eigenvalue weighted by molar-refractivity contribution is 5.94. The number of carbonyl (C=O) groups is 1. The van der Waals surface area contributed by atoms with Gasteiger partial charge in [0.15, 0.2) is 11.1 Å². The fourth-order valence-electron chi connectivity index (χ4n) is 5.05. The lowest BCUT2D eigenvalue weighted by atomic mass is 10.1. The number of hydrogen-bond acceptors (Lipinski definition) is 6. The Balaban J connectivity index is 1.37. The fourth-order valence-corrected chi connectivity index (χ4v) is 5.05. The zero-order chi connectivity index (χ0) is 23.1. The molecule has 6 rings (SSSR count). The summed E-state index contributed by atoms with van der Waals surface area (Å²) < 4.78 is 12.5. The van der Waals surface area contributed by atoms with Gasteiger partial charge in [-0.3, -0.25) is 9.88 Å². The summed E-state index contributed by atoms with van der Waals surface area (Å²) in [5, 5.41) is 9.59. The molecule has 2 saturated heterocycles. The molecule has 1 amide bonds. The number of piperazine rings is 1. The number of aromatic nitrogens is 2. The number of rotatable bonds is 5. The minimum absolute atomic E-state index is 0.0460. The normalized spacial score (nSPS) is 19.5. The third-order valence-electron chi connectivity index (χ3n) is 6.65. The molecule has 0 radical (unpaired) electrons. The van der Waals surface area contributed by atoms with Crippen molar-refractivity contribution in [1.82, 2.24) is 14.9 Å². The number of carboxylic acid groups (broad SMARTS) is 1. The van der Waals surface area contributed by atoms with Gasteiger partial charge < -0.3 is 19.2 Å². The lowest BCUT2D eigenvalue weighted by molar-refractivity contribution is 0.114. The number of fused-ring (bicyclic) bond motifs is 3. The number of pyridine rings is 1. The first-order chi connectivity index (χ1) is 16.7. The minimum Gasteiger partial charge on any atom is -0.486 e. The molecule has 0 aliphatic carbocycles. The van der Waals surface area contributed by atoms with Gasteiger partial charge in [-0.2, -0.15) is 4.98 Å². The smallest absolute Gasteiger partial charge is 0.407 e. The lowest BCUT2D eigenvalue weighted by Crippen LogP contribution is -2.55. The van der Waals surface area contributed by atoms with Gasteiger partial charge in [-0.15, -0.1) is 0 Å². The summed E-state index contributed by atoms with van der Waals surface area (Å²) in [5.74, 6) is 0.640. The molecule has 2 aliphatic heterocycles. The molecule has 4 aromatic rings. The van der Waals surface area contributed by atoms with E-state index in [0.717, 1.165) is 29.7 Å². The Labute approximate surface area is 196 Å². The number of ether oxygens (including phenoxy) is 1. The second-order valence-electron chi connectivity index (χ2n) is 8.75. The van der Waals surface area contributed by atoms with Gasteiger partial charge in [0.25, 0.3) is 6.01 Å². The van der Waals surface area contributed by atoms with Crippen LogP contribution in [0, 0.1) is 0 Å². The maximum atomic E-state index is 11.7. The van der Waals surface area contributed by atoms with Gasteiger partial charge >= 0.3 is 6.09 Å². The van der Waals surface area contributed by atoms with E-state index in [1.165, 1.54) is 0 Å². The Morgan fingerprint density at radius 1 is 1.03 bits per heavy atom. The predicted molar refractivity (Wildman–Crippen MR) is 127 cm³/mol. The van der Waals surface area contributed by atoms with E-state index in [-0.39, 0.29) is 12.1 Å². The first-order valence-corrected chi connectivity index (χ1v) is 11.5. The van der Waals surface area contributed by atoms with Gasteiger partial charge in [0.1, 0.15) is 12.4 Å². The van der Waals surface area contributed by atoms with Crippen molar-refractivity contribution in [3.8, 4) is 17.0 Å². The van der Waals surface area contributed by atoms with Gasteiger partial charge in [0, 0.05) is 24.8 Å². The standard InChI is InChI=1S/C26H24N4O4/c31-26(32)30-18-9-10-19(30)15-29(14-18)25-28-23-22(33-16-17-6-2-1-3-7-17)12-11-20(24(23)34-25)21-8-4-5-13-27-21/h1-8,11-13,18-19H,9-10,14-16H2,(H,31,32). The molecule has 2 atom stereocenters. The third-order valence-corrected chi connectivity index (χ3v) is 6.65. The van der Waals surface area contributed by atoms with Crippen molar-refractivity contribution in [2.75, 3.05) is 18.0 Å². The minimum atomic E-state index is -0.848. The highest BCUT2D eigenvalue weighted by atomic mass is 16.5. The van der Waals surface area contributed by atoms with Crippen LogP contribution >= 0.6 is 0 Å². The summed E-state index contributed by atoms with van der Waals surface area (Å²) in [4.78, 5) is 24.7. The van der Waals surface area contributed by atoms with Crippen LogP contribution in [-0.4, -0.2) is 51.2 Å². The molecule has 0 spiro atoms. The lowest BCUT2D eigenvalue weighted by Gasteiger charge is -2.38. The van der Waals surface area contributed by atoms with Crippen LogP contribution in [0.2, 0.25) is 0 Å². The Morgan fingerprint density at radius 3 is 2.50 bits per heavy atom. The fraction of sp³-hybridized carbons (Fsp3) is 0.269. The van der Waals surface area contributed by atoms with Gasteiger partial charge in [0.2, 0.25) is 0 Å². The summed E-state index contributed by atoms with van der Waals surface area (Å²) in [6, 6.07) is 20.0. The number of benzene rings is 2. The van der Waals surface area contributed by atoms with Crippen LogP contribution in [0.3, 0.4) is 0 Å². The molecule has 2 aliphatic rings. The second-order valence-corrected chi connectivity index (χ2v) is 8.75. The molecule has 4 heterocycles. The molecule has 2 aromatic heterocycles. The number of anilines is 1. The molecular formula is C26H24N4O4.